The highest BCUT2D eigenvalue weighted by Crippen LogP contribution is 2.31. The topological polar surface area (TPSA) is 47.1 Å². The number of carbonyl (C=O) groups excluding carboxylic acids is 2. The molecule has 0 N–H and O–H groups in total. The molecule has 2 amide bonds. The summed E-state index contributed by atoms with van der Waals surface area (Å²) in [5, 5.41) is 0. The van der Waals surface area contributed by atoms with E-state index in [0.717, 1.165) is 18.7 Å². The molecule has 0 radical (unpaired) electrons. The quantitative estimate of drug-likeness (QED) is 0.798. The van der Waals surface area contributed by atoms with Crippen LogP contribution in [0.4, 0.5) is 0 Å². The molecule has 2 aliphatic heterocycles. The second-order valence-corrected chi connectivity index (χ2v) is 9.23. The van der Waals surface area contributed by atoms with Gasteiger partial charge in [0.25, 0.3) is 5.91 Å². The van der Waals surface area contributed by atoms with E-state index in [9.17, 15) is 9.59 Å². The molecule has 2 aliphatic rings. The molecule has 1 unspecified atom stereocenters. The Morgan fingerprint density at radius 1 is 1.00 bits per heavy atom. The smallest absolute Gasteiger partial charge is 0.254 e. The molecule has 1 fully saturated rings. The lowest BCUT2D eigenvalue weighted by atomic mass is 10.0. The van der Waals surface area contributed by atoms with E-state index >= 15 is 0 Å². The van der Waals surface area contributed by atoms with Crippen LogP contribution in [0.15, 0.2) is 18.2 Å². The summed E-state index contributed by atoms with van der Waals surface area (Å²) in [6.07, 6.45) is 0. The summed E-state index contributed by atoms with van der Waals surface area (Å²) >= 11 is 0. The number of fused-ring (bicyclic) bond motifs is 1. The number of amides is 2. The molecular weight excluding hydrogens is 352 g/mol. The SMILES string of the molecule is CC(C(=O)N1CCN(C(=O)c2cccc3c2CN(C(C)(C)C)C3)CC1)N(C)C. The monoisotopic (exact) mass is 386 g/mol. The molecule has 0 aliphatic carbocycles. The molecule has 1 saturated heterocycles. The molecule has 0 bridgehead atoms. The molecule has 6 nitrogen and oxygen atoms in total. The first-order valence-corrected chi connectivity index (χ1v) is 10.2. The summed E-state index contributed by atoms with van der Waals surface area (Å²) in [5.41, 5.74) is 3.33. The van der Waals surface area contributed by atoms with Gasteiger partial charge in [0.2, 0.25) is 5.91 Å². The van der Waals surface area contributed by atoms with Gasteiger partial charge in [0, 0.05) is 50.4 Å². The van der Waals surface area contributed by atoms with E-state index in [4.69, 9.17) is 0 Å². The lowest BCUT2D eigenvalue weighted by Crippen LogP contribution is -2.54. The molecule has 2 heterocycles. The number of likely N-dealkylation sites (N-methyl/N-ethyl adjacent to an activating group) is 1. The third-order valence-electron chi connectivity index (χ3n) is 6.17. The van der Waals surface area contributed by atoms with Crippen molar-refractivity contribution in [3.63, 3.8) is 0 Å². The number of carbonyl (C=O) groups is 2. The number of rotatable bonds is 3. The normalized spacial score (nSPS) is 19.1. The van der Waals surface area contributed by atoms with E-state index in [2.05, 4.69) is 31.7 Å². The third kappa shape index (κ3) is 4.08. The van der Waals surface area contributed by atoms with Gasteiger partial charge in [-0.3, -0.25) is 19.4 Å². The highest BCUT2D eigenvalue weighted by atomic mass is 16.2. The summed E-state index contributed by atoms with van der Waals surface area (Å²) in [5.74, 6) is 0.235. The standard InChI is InChI=1S/C22H34N4O2/c1-16(23(5)6)20(27)24-10-12-25(13-11-24)21(28)18-9-7-8-17-14-26(15-19(17)18)22(2,3)4/h7-9,16H,10-15H2,1-6H3. The molecule has 28 heavy (non-hydrogen) atoms. The fraction of sp³-hybridized carbons (Fsp3) is 0.636. The Hall–Kier alpha value is -1.92. The highest BCUT2D eigenvalue weighted by molar-refractivity contribution is 5.96. The van der Waals surface area contributed by atoms with Gasteiger partial charge in [-0.05, 0) is 59.0 Å². The maximum absolute atomic E-state index is 13.2. The van der Waals surface area contributed by atoms with Gasteiger partial charge in [-0.15, -0.1) is 0 Å². The Morgan fingerprint density at radius 2 is 1.61 bits per heavy atom. The summed E-state index contributed by atoms with van der Waals surface area (Å²) in [7, 11) is 3.83. The van der Waals surface area contributed by atoms with Crippen molar-refractivity contribution in [3.05, 3.63) is 34.9 Å². The van der Waals surface area contributed by atoms with Crippen molar-refractivity contribution in [3.8, 4) is 0 Å². The van der Waals surface area contributed by atoms with E-state index < -0.39 is 0 Å². The molecule has 0 spiro atoms. The van der Waals surface area contributed by atoms with Crippen molar-refractivity contribution in [1.82, 2.24) is 19.6 Å². The number of hydrogen-bond donors (Lipinski definition) is 0. The van der Waals surface area contributed by atoms with Crippen LogP contribution in [0.5, 0.6) is 0 Å². The molecule has 0 saturated carbocycles. The fourth-order valence-electron chi connectivity index (χ4n) is 3.88. The Labute approximate surface area is 169 Å². The number of piperazine rings is 1. The van der Waals surface area contributed by atoms with Crippen LogP contribution in [-0.2, 0) is 17.9 Å². The van der Waals surface area contributed by atoms with Crippen molar-refractivity contribution < 1.29 is 9.59 Å². The summed E-state index contributed by atoms with van der Waals surface area (Å²) in [4.78, 5) is 33.9. The minimum Gasteiger partial charge on any atom is -0.338 e. The second kappa shape index (κ2) is 7.84. The van der Waals surface area contributed by atoms with Crippen LogP contribution in [0.2, 0.25) is 0 Å². The number of nitrogens with zero attached hydrogens (tertiary/aromatic N) is 4. The summed E-state index contributed by atoms with van der Waals surface area (Å²) < 4.78 is 0. The van der Waals surface area contributed by atoms with Crippen LogP contribution in [0.25, 0.3) is 0 Å². The highest BCUT2D eigenvalue weighted by Gasteiger charge is 2.33. The van der Waals surface area contributed by atoms with Crippen LogP contribution in [0, 0.1) is 0 Å². The Kier molecular flexibility index (Phi) is 5.82. The second-order valence-electron chi connectivity index (χ2n) is 9.23. The number of hydrogen-bond acceptors (Lipinski definition) is 4. The van der Waals surface area contributed by atoms with Crippen LogP contribution in [0.1, 0.15) is 49.2 Å². The predicted octanol–water partition coefficient (Wildman–Crippen LogP) is 2.04. The van der Waals surface area contributed by atoms with Crippen LogP contribution < -0.4 is 0 Å². The first-order chi connectivity index (χ1) is 13.1. The Bertz CT molecular complexity index is 745. The zero-order valence-electron chi connectivity index (χ0n) is 18.2. The van der Waals surface area contributed by atoms with Gasteiger partial charge in [0.1, 0.15) is 0 Å². The zero-order chi connectivity index (χ0) is 20.6. The fourth-order valence-corrected chi connectivity index (χ4v) is 3.88. The average molecular weight is 387 g/mol. The van der Waals surface area contributed by atoms with Crippen LogP contribution >= 0.6 is 0 Å². The van der Waals surface area contributed by atoms with Crippen LogP contribution in [-0.4, -0.2) is 83.3 Å². The minimum absolute atomic E-state index is 0.0778. The van der Waals surface area contributed by atoms with Gasteiger partial charge >= 0.3 is 0 Å². The third-order valence-corrected chi connectivity index (χ3v) is 6.17. The lowest BCUT2D eigenvalue weighted by Gasteiger charge is -2.37. The van der Waals surface area contributed by atoms with Crippen molar-refractivity contribution >= 4 is 11.8 Å². The molecule has 154 valence electrons. The van der Waals surface area contributed by atoms with Gasteiger partial charge in [0.05, 0.1) is 6.04 Å². The summed E-state index contributed by atoms with van der Waals surface area (Å²) in [6.45, 7) is 12.7. The van der Waals surface area contributed by atoms with Gasteiger partial charge in [-0.25, -0.2) is 0 Å². The maximum atomic E-state index is 13.2. The molecular formula is C22H34N4O2. The molecule has 1 aromatic rings. The first kappa shape index (κ1) is 20.8. The van der Waals surface area contributed by atoms with Crippen LogP contribution in [0.3, 0.4) is 0 Å². The Balaban J connectivity index is 1.68. The lowest BCUT2D eigenvalue weighted by molar-refractivity contribution is -0.137. The van der Waals surface area contributed by atoms with Crippen molar-refractivity contribution in [2.75, 3.05) is 40.3 Å². The molecule has 1 aromatic carbocycles. The van der Waals surface area contributed by atoms with Gasteiger partial charge in [-0.2, -0.15) is 0 Å². The van der Waals surface area contributed by atoms with E-state index in [-0.39, 0.29) is 23.4 Å². The van der Waals surface area contributed by atoms with Crippen molar-refractivity contribution in [1.29, 1.82) is 0 Å². The first-order valence-electron chi connectivity index (χ1n) is 10.2. The molecule has 0 aromatic heterocycles. The van der Waals surface area contributed by atoms with E-state index in [1.165, 1.54) is 11.1 Å². The molecule has 6 heteroatoms. The molecule has 3 rings (SSSR count). The van der Waals surface area contributed by atoms with Gasteiger partial charge in [0.15, 0.2) is 0 Å². The van der Waals surface area contributed by atoms with Gasteiger partial charge < -0.3 is 9.80 Å². The van der Waals surface area contributed by atoms with Crippen molar-refractivity contribution in [2.45, 2.75) is 52.4 Å². The maximum Gasteiger partial charge on any atom is 0.254 e. The van der Waals surface area contributed by atoms with E-state index in [1.807, 2.05) is 47.9 Å². The van der Waals surface area contributed by atoms with Gasteiger partial charge in [-0.1, -0.05) is 12.1 Å². The Morgan fingerprint density at radius 3 is 2.18 bits per heavy atom. The van der Waals surface area contributed by atoms with E-state index in [0.29, 0.717) is 26.2 Å². The average Bonchev–Trinajstić information content (AvgIpc) is 3.11. The number of benzene rings is 1. The van der Waals surface area contributed by atoms with E-state index in [1.54, 1.807) is 0 Å². The molecule has 1 atom stereocenters. The minimum atomic E-state index is -0.136. The van der Waals surface area contributed by atoms with Crippen molar-refractivity contribution in [2.24, 2.45) is 0 Å². The predicted molar refractivity (Wildman–Crippen MR) is 111 cm³/mol. The zero-order valence-corrected chi connectivity index (χ0v) is 18.2. The summed E-state index contributed by atoms with van der Waals surface area (Å²) in [6, 6.07) is 5.95. The largest absolute Gasteiger partial charge is 0.338 e.